The molecule has 0 aromatic rings. The second kappa shape index (κ2) is 8.95. The summed E-state index contributed by atoms with van der Waals surface area (Å²) in [5, 5.41) is 0. The number of ether oxygens (including phenoxy) is 3. The molecule has 140 valence electrons. The Balaban J connectivity index is 1.48. The summed E-state index contributed by atoms with van der Waals surface area (Å²) in [5.41, 5.74) is 1.44. The number of esters is 1. The third kappa shape index (κ3) is 4.70. The number of hydrogen-bond donors (Lipinski definition) is 0. The number of aldehydes is 1. The lowest BCUT2D eigenvalue weighted by Crippen LogP contribution is -2.32. The van der Waals surface area contributed by atoms with E-state index in [1.165, 1.54) is 12.7 Å². The highest BCUT2D eigenvalue weighted by atomic mass is 16.7. The van der Waals surface area contributed by atoms with Crippen molar-refractivity contribution in [2.45, 2.75) is 70.2 Å². The van der Waals surface area contributed by atoms with Crippen LogP contribution in [0.2, 0.25) is 0 Å². The van der Waals surface area contributed by atoms with Crippen LogP contribution < -0.4 is 0 Å². The van der Waals surface area contributed by atoms with Gasteiger partial charge in [0.05, 0.1) is 13.2 Å². The molecule has 1 heterocycles. The largest absolute Gasteiger partial charge is 0.469 e. The van der Waals surface area contributed by atoms with Crippen LogP contribution in [-0.2, 0) is 23.8 Å². The predicted molar refractivity (Wildman–Crippen MR) is 92.8 cm³/mol. The molecule has 0 N–H and O–H groups in total. The summed E-state index contributed by atoms with van der Waals surface area (Å²) in [6.07, 6.45) is 11.7. The van der Waals surface area contributed by atoms with Crippen LogP contribution in [0.15, 0.2) is 11.6 Å². The van der Waals surface area contributed by atoms with Gasteiger partial charge in [-0.15, -0.1) is 0 Å². The zero-order valence-corrected chi connectivity index (χ0v) is 15.2. The highest BCUT2D eigenvalue weighted by molar-refractivity contribution is 5.69. The van der Waals surface area contributed by atoms with Crippen LogP contribution in [0, 0.1) is 17.8 Å². The molecule has 0 spiro atoms. The maximum atomic E-state index is 11.7. The molecule has 1 saturated heterocycles. The van der Waals surface area contributed by atoms with Crippen molar-refractivity contribution in [3.63, 3.8) is 0 Å². The van der Waals surface area contributed by atoms with Gasteiger partial charge in [0.15, 0.2) is 6.29 Å². The Morgan fingerprint density at radius 1 is 1.32 bits per heavy atom. The van der Waals surface area contributed by atoms with E-state index in [9.17, 15) is 9.59 Å². The highest BCUT2D eigenvalue weighted by Crippen LogP contribution is 2.50. The van der Waals surface area contributed by atoms with E-state index in [2.05, 4.69) is 10.8 Å². The van der Waals surface area contributed by atoms with Gasteiger partial charge in [-0.3, -0.25) is 4.79 Å². The van der Waals surface area contributed by atoms with Gasteiger partial charge < -0.3 is 19.0 Å². The van der Waals surface area contributed by atoms with E-state index < -0.39 is 0 Å². The van der Waals surface area contributed by atoms with E-state index >= 15 is 0 Å². The lowest BCUT2D eigenvalue weighted by molar-refractivity contribution is -0.194. The number of rotatable bonds is 7. The van der Waals surface area contributed by atoms with Gasteiger partial charge in [-0.05, 0) is 63.2 Å². The molecule has 3 aliphatic rings. The molecule has 1 aliphatic heterocycles. The first kappa shape index (κ1) is 18.6. The molecule has 5 nitrogen and oxygen atoms in total. The maximum Gasteiger partial charge on any atom is 0.305 e. The SMILES string of the molecule is COC(=O)CCC/C=C1\C[C@H]2CC(OC3CCCCO3)[C@H](C=O)[C@H]2C1. The molecule has 0 aromatic carbocycles. The topological polar surface area (TPSA) is 61.8 Å². The second-order valence-electron chi connectivity index (χ2n) is 7.58. The molecule has 0 aromatic heterocycles. The fourth-order valence-corrected chi connectivity index (χ4v) is 4.65. The normalized spacial score (nSPS) is 36.4. The second-order valence-corrected chi connectivity index (χ2v) is 7.58. The van der Waals surface area contributed by atoms with E-state index in [0.29, 0.717) is 18.3 Å². The third-order valence-electron chi connectivity index (χ3n) is 5.95. The van der Waals surface area contributed by atoms with Gasteiger partial charge in [-0.1, -0.05) is 11.6 Å². The maximum absolute atomic E-state index is 11.7. The summed E-state index contributed by atoms with van der Waals surface area (Å²) >= 11 is 0. The van der Waals surface area contributed by atoms with Crippen LogP contribution in [0.3, 0.4) is 0 Å². The molecule has 5 heteroatoms. The van der Waals surface area contributed by atoms with Crippen molar-refractivity contribution in [3.05, 3.63) is 11.6 Å². The van der Waals surface area contributed by atoms with Crippen LogP contribution in [0.25, 0.3) is 0 Å². The molecule has 0 bridgehead atoms. The number of carbonyl (C=O) groups excluding carboxylic acids is 2. The molecule has 5 atom stereocenters. The molecule has 0 radical (unpaired) electrons. The van der Waals surface area contributed by atoms with Crippen molar-refractivity contribution < 1.29 is 23.8 Å². The first-order valence-electron chi connectivity index (χ1n) is 9.68. The Kier molecular flexibility index (Phi) is 6.65. The molecular weight excluding hydrogens is 320 g/mol. The summed E-state index contributed by atoms with van der Waals surface area (Å²) in [6.45, 7) is 0.772. The van der Waals surface area contributed by atoms with Gasteiger partial charge in [0, 0.05) is 18.9 Å². The van der Waals surface area contributed by atoms with Gasteiger partial charge in [0.25, 0.3) is 0 Å². The fraction of sp³-hybridized carbons (Fsp3) is 0.800. The van der Waals surface area contributed by atoms with Crippen molar-refractivity contribution in [3.8, 4) is 0 Å². The van der Waals surface area contributed by atoms with Crippen LogP contribution in [-0.4, -0.2) is 38.4 Å². The van der Waals surface area contributed by atoms with Gasteiger partial charge >= 0.3 is 5.97 Å². The van der Waals surface area contributed by atoms with E-state index in [4.69, 9.17) is 9.47 Å². The van der Waals surface area contributed by atoms with E-state index in [1.807, 2.05) is 0 Å². The average molecular weight is 350 g/mol. The minimum absolute atomic E-state index is 0.00324. The molecule has 3 rings (SSSR count). The van der Waals surface area contributed by atoms with Gasteiger partial charge in [0.2, 0.25) is 0 Å². The van der Waals surface area contributed by atoms with Gasteiger partial charge in [-0.2, -0.15) is 0 Å². The number of fused-ring (bicyclic) bond motifs is 1. The van der Waals surface area contributed by atoms with E-state index in [0.717, 1.165) is 64.3 Å². The molecule has 0 amide bonds. The quantitative estimate of drug-likeness (QED) is 0.305. The molecule has 3 fully saturated rings. The number of allylic oxidation sites excluding steroid dienone is 2. The molecule has 2 unspecified atom stereocenters. The lowest BCUT2D eigenvalue weighted by Gasteiger charge is -2.28. The fourth-order valence-electron chi connectivity index (χ4n) is 4.65. The zero-order chi connectivity index (χ0) is 17.6. The number of methoxy groups -OCH3 is 1. The first-order chi connectivity index (χ1) is 12.2. The van der Waals surface area contributed by atoms with Crippen molar-refractivity contribution in [1.29, 1.82) is 0 Å². The number of hydrogen-bond acceptors (Lipinski definition) is 5. The Hall–Kier alpha value is -1.20. The van der Waals surface area contributed by atoms with Crippen molar-refractivity contribution in [2.24, 2.45) is 17.8 Å². The molecule has 2 saturated carbocycles. The Bertz CT molecular complexity index is 494. The molecular formula is C20H30O5. The van der Waals surface area contributed by atoms with Crippen LogP contribution >= 0.6 is 0 Å². The average Bonchev–Trinajstić information content (AvgIpc) is 3.16. The number of unbranched alkanes of at least 4 members (excludes halogenated alkanes) is 1. The van der Waals surface area contributed by atoms with E-state index in [1.54, 1.807) is 0 Å². The van der Waals surface area contributed by atoms with Crippen molar-refractivity contribution >= 4 is 12.3 Å². The predicted octanol–water partition coefficient (Wildman–Crippen LogP) is 3.41. The summed E-state index contributed by atoms with van der Waals surface area (Å²) in [7, 11) is 1.43. The van der Waals surface area contributed by atoms with Crippen LogP contribution in [0.5, 0.6) is 0 Å². The van der Waals surface area contributed by atoms with Crippen LogP contribution in [0.1, 0.15) is 57.8 Å². The first-order valence-corrected chi connectivity index (χ1v) is 9.68. The minimum atomic E-state index is -0.146. The summed E-state index contributed by atoms with van der Waals surface area (Å²) in [6, 6.07) is 0. The Labute approximate surface area is 150 Å². The van der Waals surface area contributed by atoms with Crippen molar-refractivity contribution in [1.82, 2.24) is 0 Å². The molecule has 2 aliphatic carbocycles. The highest BCUT2D eigenvalue weighted by Gasteiger charge is 2.48. The Morgan fingerprint density at radius 2 is 2.20 bits per heavy atom. The smallest absolute Gasteiger partial charge is 0.305 e. The lowest BCUT2D eigenvalue weighted by atomic mass is 9.92. The number of carbonyl (C=O) groups is 2. The van der Waals surface area contributed by atoms with Gasteiger partial charge in [0.1, 0.15) is 6.29 Å². The summed E-state index contributed by atoms with van der Waals surface area (Å²) < 4.78 is 16.5. The monoisotopic (exact) mass is 350 g/mol. The molecule has 25 heavy (non-hydrogen) atoms. The summed E-state index contributed by atoms with van der Waals surface area (Å²) in [5.74, 6) is 0.817. The van der Waals surface area contributed by atoms with Gasteiger partial charge in [-0.25, -0.2) is 0 Å². The van der Waals surface area contributed by atoms with Crippen molar-refractivity contribution in [2.75, 3.05) is 13.7 Å². The third-order valence-corrected chi connectivity index (χ3v) is 5.95. The van der Waals surface area contributed by atoms with E-state index in [-0.39, 0.29) is 24.3 Å². The van der Waals surface area contributed by atoms with Crippen LogP contribution in [0.4, 0.5) is 0 Å². The minimum Gasteiger partial charge on any atom is -0.469 e. The summed E-state index contributed by atoms with van der Waals surface area (Å²) in [4.78, 5) is 22.8. The zero-order valence-electron chi connectivity index (χ0n) is 15.2. The Morgan fingerprint density at radius 3 is 2.92 bits per heavy atom. The standard InChI is InChI=1S/C20H30O5/c1-23-19(22)7-3-2-6-14-10-15-12-18(17(13-21)16(15)11-14)25-20-8-4-5-9-24-20/h6,13,15-18,20H,2-5,7-12H2,1H3/b14-6+/t15-,16-,17+,18?,20?/m0/s1.